The number of amides is 1. The first kappa shape index (κ1) is 22.3. The quantitative estimate of drug-likeness (QED) is 0.627. The molecule has 5 saturated carbocycles. The Labute approximate surface area is 193 Å². The van der Waals surface area contributed by atoms with E-state index in [1.54, 1.807) is 0 Å². The summed E-state index contributed by atoms with van der Waals surface area (Å²) in [5.41, 5.74) is 7.29. The van der Waals surface area contributed by atoms with Gasteiger partial charge in [-0.1, -0.05) is 37.3 Å². The third-order valence-electron chi connectivity index (χ3n) is 9.95. The van der Waals surface area contributed by atoms with E-state index in [4.69, 9.17) is 10.7 Å². The number of hydrogen-bond acceptors (Lipinski definition) is 3. The summed E-state index contributed by atoms with van der Waals surface area (Å²) in [5, 5.41) is 3.86. The van der Waals surface area contributed by atoms with Crippen molar-refractivity contribution in [2.24, 2.45) is 39.8 Å². The highest BCUT2D eigenvalue weighted by atomic mass is 16.1. The molecule has 5 fully saturated rings. The van der Waals surface area contributed by atoms with Gasteiger partial charge in [-0.05, 0) is 112 Å². The Bertz CT molecular complexity index is 839. The first-order valence-corrected chi connectivity index (χ1v) is 13.0. The number of carbonyl (C=O) groups is 1. The molecular formula is C28H41N3O. The summed E-state index contributed by atoms with van der Waals surface area (Å²) < 4.78 is 0. The average molecular weight is 436 g/mol. The lowest BCUT2D eigenvalue weighted by Crippen LogP contribution is -2.70. The van der Waals surface area contributed by atoms with Crippen LogP contribution in [-0.4, -0.2) is 30.8 Å². The number of rotatable bonds is 6. The maximum atomic E-state index is 13.8. The highest BCUT2D eigenvalue weighted by molar-refractivity contribution is 5.90. The van der Waals surface area contributed by atoms with Crippen LogP contribution in [0.5, 0.6) is 0 Å². The van der Waals surface area contributed by atoms with Crippen LogP contribution < -0.4 is 11.1 Å². The fraction of sp³-hybridized carbons (Fsp3) is 0.714. The first-order valence-electron chi connectivity index (χ1n) is 13.0. The van der Waals surface area contributed by atoms with Gasteiger partial charge >= 0.3 is 0 Å². The molecular weight excluding hydrogens is 394 g/mol. The van der Waals surface area contributed by atoms with Gasteiger partial charge in [0, 0.05) is 11.8 Å². The van der Waals surface area contributed by atoms with E-state index in [0.717, 1.165) is 45.2 Å². The van der Waals surface area contributed by atoms with E-state index in [9.17, 15) is 4.79 Å². The lowest BCUT2D eigenvalue weighted by atomic mass is 9.38. The highest BCUT2D eigenvalue weighted by Gasteiger charge is 2.67. The zero-order valence-corrected chi connectivity index (χ0v) is 20.0. The highest BCUT2D eigenvalue weighted by Crippen LogP contribution is 2.68. The average Bonchev–Trinajstić information content (AvgIpc) is 2.82. The summed E-state index contributed by atoms with van der Waals surface area (Å²) in [6, 6.07) is 11.0. The van der Waals surface area contributed by atoms with Gasteiger partial charge in [-0.25, -0.2) is 4.99 Å². The van der Waals surface area contributed by atoms with Gasteiger partial charge in [-0.3, -0.25) is 4.79 Å². The molecule has 4 nitrogen and oxygen atoms in total. The molecule has 0 aliphatic heterocycles. The molecule has 5 aliphatic carbocycles. The van der Waals surface area contributed by atoms with Crippen molar-refractivity contribution in [3.8, 4) is 0 Å². The summed E-state index contributed by atoms with van der Waals surface area (Å²) in [6.45, 7) is 6.43. The lowest BCUT2D eigenvalue weighted by molar-refractivity contribution is -0.159. The van der Waals surface area contributed by atoms with E-state index >= 15 is 0 Å². The molecule has 0 radical (unpaired) electrons. The fourth-order valence-corrected chi connectivity index (χ4v) is 8.25. The van der Waals surface area contributed by atoms with Crippen LogP contribution in [0.4, 0.5) is 0 Å². The van der Waals surface area contributed by atoms with Gasteiger partial charge in [0.1, 0.15) is 0 Å². The Morgan fingerprint density at radius 2 is 1.75 bits per heavy atom. The van der Waals surface area contributed by atoms with Crippen LogP contribution in [0.25, 0.3) is 0 Å². The van der Waals surface area contributed by atoms with Crippen molar-refractivity contribution in [2.45, 2.75) is 82.6 Å². The van der Waals surface area contributed by atoms with Crippen LogP contribution in [0.15, 0.2) is 35.3 Å². The maximum Gasteiger partial charge on any atom is 0.251 e. The molecule has 6 rings (SSSR count). The largest absolute Gasteiger partial charge is 0.330 e. The molecule has 2 unspecified atom stereocenters. The number of hydrogen-bond donors (Lipinski definition) is 2. The van der Waals surface area contributed by atoms with Crippen LogP contribution in [-0.2, 0) is 10.2 Å². The molecule has 0 spiro atoms. The predicted molar refractivity (Wildman–Crippen MR) is 131 cm³/mol. The van der Waals surface area contributed by atoms with Crippen molar-refractivity contribution < 1.29 is 4.79 Å². The summed E-state index contributed by atoms with van der Waals surface area (Å²) in [6.07, 6.45) is 12.0. The summed E-state index contributed by atoms with van der Waals surface area (Å²) in [5.74, 6) is 2.34. The molecule has 4 bridgehead atoms. The Balaban J connectivity index is 1.41. The lowest BCUT2D eigenvalue weighted by Gasteiger charge is -2.68. The van der Waals surface area contributed by atoms with Crippen molar-refractivity contribution in [1.82, 2.24) is 5.32 Å². The molecule has 174 valence electrons. The number of nitrogens with two attached hydrogens (primary N) is 1. The second kappa shape index (κ2) is 8.36. The van der Waals surface area contributed by atoms with E-state index in [-0.39, 0.29) is 22.3 Å². The van der Waals surface area contributed by atoms with Gasteiger partial charge in [0.25, 0.3) is 5.91 Å². The fourth-order valence-electron chi connectivity index (χ4n) is 8.25. The van der Waals surface area contributed by atoms with Crippen molar-refractivity contribution >= 4 is 12.1 Å². The Morgan fingerprint density at radius 3 is 2.34 bits per heavy atom. The van der Waals surface area contributed by atoms with Crippen molar-refractivity contribution in [1.29, 1.82) is 0 Å². The zero-order valence-electron chi connectivity index (χ0n) is 20.0. The van der Waals surface area contributed by atoms with E-state index in [2.05, 4.69) is 49.5 Å². The number of nitrogens with zero attached hydrogens (tertiary/aromatic N) is 1. The SMILES string of the molecule is CCNC1(C)C2CC3(C(=O)N=CC4CCC(CN)CC4)CC1CC(c1ccccc1)(C2)C3. The number of benzene rings is 1. The Hall–Kier alpha value is -1.52. The normalized spacial score (nSPS) is 43.1. The van der Waals surface area contributed by atoms with Crippen LogP contribution in [0.3, 0.4) is 0 Å². The van der Waals surface area contributed by atoms with Gasteiger partial charge in [-0.2, -0.15) is 0 Å². The van der Waals surface area contributed by atoms with E-state index in [1.165, 1.54) is 31.2 Å². The molecule has 0 saturated heterocycles. The maximum absolute atomic E-state index is 13.8. The minimum atomic E-state index is -0.276. The Kier molecular flexibility index (Phi) is 5.82. The number of carbonyl (C=O) groups excluding carboxylic acids is 1. The zero-order chi connectivity index (χ0) is 22.4. The topological polar surface area (TPSA) is 67.5 Å². The third kappa shape index (κ3) is 3.58. The summed E-state index contributed by atoms with van der Waals surface area (Å²) >= 11 is 0. The number of aliphatic imine (C=N–C) groups is 1. The van der Waals surface area contributed by atoms with Crippen LogP contribution in [0.1, 0.15) is 77.2 Å². The van der Waals surface area contributed by atoms with Crippen LogP contribution in [0.2, 0.25) is 0 Å². The monoisotopic (exact) mass is 435 g/mol. The van der Waals surface area contributed by atoms with Gasteiger partial charge in [0.15, 0.2) is 0 Å². The minimum Gasteiger partial charge on any atom is -0.330 e. The van der Waals surface area contributed by atoms with Crippen molar-refractivity contribution in [2.75, 3.05) is 13.1 Å². The standard InChI is InChI=1S/C28H41N3O/c1-3-31-26(2)23-13-27(22-7-5-4-6-8-22)14-24(26)16-28(15-23,19-27)25(32)30-18-21-11-9-20(17-29)10-12-21/h4-8,18,20-21,23-24,31H,3,9-17,19,29H2,1-2H3. The summed E-state index contributed by atoms with van der Waals surface area (Å²) in [4.78, 5) is 18.5. The van der Waals surface area contributed by atoms with Crippen molar-refractivity contribution in [3.05, 3.63) is 35.9 Å². The van der Waals surface area contributed by atoms with Crippen LogP contribution >= 0.6 is 0 Å². The smallest absolute Gasteiger partial charge is 0.251 e. The van der Waals surface area contributed by atoms with Gasteiger partial charge in [0.2, 0.25) is 0 Å². The summed E-state index contributed by atoms with van der Waals surface area (Å²) in [7, 11) is 0. The molecule has 0 heterocycles. The van der Waals surface area contributed by atoms with E-state index in [1.807, 2.05) is 6.21 Å². The molecule has 5 aliphatic rings. The van der Waals surface area contributed by atoms with E-state index < -0.39 is 0 Å². The molecule has 1 aromatic carbocycles. The molecule has 2 atom stereocenters. The van der Waals surface area contributed by atoms with Crippen molar-refractivity contribution in [3.63, 3.8) is 0 Å². The molecule has 1 amide bonds. The van der Waals surface area contributed by atoms with Gasteiger partial charge < -0.3 is 11.1 Å². The predicted octanol–water partition coefficient (Wildman–Crippen LogP) is 4.87. The van der Waals surface area contributed by atoms with Crippen LogP contribution in [0, 0.1) is 29.1 Å². The molecule has 1 aromatic rings. The molecule has 4 heteroatoms. The second-order valence-electron chi connectivity index (χ2n) is 11.7. The minimum absolute atomic E-state index is 0.131. The van der Waals surface area contributed by atoms with Gasteiger partial charge in [-0.15, -0.1) is 0 Å². The van der Waals surface area contributed by atoms with E-state index in [0.29, 0.717) is 23.7 Å². The third-order valence-corrected chi connectivity index (χ3v) is 9.95. The Morgan fingerprint density at radius 1 is 1.09 bits per heavy atom. The molecule has 0 aromatic heterocycles. The van der Waals surface area contributed by atoms with Gasteiger partial charge in [0.05, 0.1) is 5.41 Å². The molecule has 3 N–H and O–H groups in total. The first-order chi connectivity index (χ1) is 15.4. The molecule has 32 heavy (non-hydrogen) atoms. The second-order valence-corrected chi connectivity index (χ2v) is 11.7. The number of nitrogens with one attached hydrogen (secondary N) is 1.